The average molecular weight is 329 g/mol. The van der Waals surface area contributed by atoms with E-state index >= 15 is 0 Å². The van der Waals surface area contributed by atoms with E-state index in [4.69, 9.17) is 23.2 Å². The fourth-order valence-corrected chi connectivity index (χ4v) is 3.17. The highest BCUT2D eigenvalue weighted by Crippen LogP contribution is 2.22. The van der Waals surface area contributed by atoms with E-state index in [2.05, 4.69) is 4.98 Å². The van der Waals surface area contributed by atoms with Gasteiger partial charge in [0.15, 0.2) is 5.16 Å². The second-order valence-corrected chi connectivity index (χ2v) is 6.17. The Bertz CT molecular complexity index is 710. The molecule has 0 bridgehead atoms. The van der Waals surface area contributed by atoms with Gasteiger partial charge in [0.2, 0.25) is 0 Å². The number of thioether (sulfide) groups is 1. The number of aromatic nitrogens is 2. The molecule has 2 rings (SSSR count). The number of hydrogen-bond donors (Lipinski definition) is 0. The summed E-state index contributed by atoms with van der Waals surface area (Å²) in [4.78, 5) is 17.1. The van der Waals surface area contributed by atoms with Crippen LogP contribution >= 0.6 is 35.0 Å². The Morgan fingerprint density at radius 1 is 1.45 bits per heavy atom. The molecule has 0 saturated carbocycles. The van der Waals surface area contributed by atoms with Gasteiger partial charge in [0, 0.05) is 22.4 Å². The van der Waals surface area contributed by atoms with Crippen LogP contribution in [0, 0.1) is 0 Å². The van der Waals surface area contributed by atoms with Crippen LogP contribution in [0.4, 0.5) is 0 Å². The number of benzene rings is 1. The third-order valence-corrected chi connectivity index (χ3v) is 4.06. The van der Waals surface area contributed by atoms with E-state index < -0.39 is 0 Å². The first kappa shape index (κ1) is 15.4. The zero-order valence-electron chi connectivity index (χ0n) is 11.1. The Labute approximate surface area is 131 Å². The third-order valence-electron chi connectivity index (χ3n) is 2.75. The van der Waals surface area contributed by atoms with Gasteiger partial charge in [0.25, 0.3) is 5.56 Å². The molecular formula is C14H14Cl2N2OS. The predicted molar refractivity (Wildman–Crippen MR) is 87.1 cm³/mol. The number of halogens is 2. The van der Waals surface area contributed by atoms with Gasteiger partial charge in [-0.15, -0.1) is 0 Å². The van der Waals surface area contributed by atoms with Crippen molar-refractivity contribution in [3.05, 3.63) is 45.2 Å². The van der Waals surface area contributed by atoms with Crippen LogP contribution in [0.15, 0.2) is 39.8 Å². The van der Waals surface area contributed by atoms with Crippen molar-refractivity contribution in [1.29, 1.82) is 0 Å². The van der Waals surface area contributed by atoms with Crippen molar-refractivity contribution >= 4 is 45.9 Å². The largest absolute Gasteiger partial charge is 0.285 e. The van der Waals surface area contributed by atoms with Crippen LogP contribution < -0.4 is 5.56 Å². The molecule has 1 aromatic heterocycles. The van der Waals surface area contributed by atoms with Gasteiger partial charge >= 0.3 is 0 Å². The molecule has 1 heterocycles. The van der Waals surface area contributed by atoms with Crippen molar-refractivity contribution in [2.75, 3.05) is 5.75 Å². The zero-order chi connectivity index (χ0) is 14.7. The Morgan fingerprint density at radius 3 is 2.85 bits per heavy atom. The van der Waals surface area contributed by atoms with Crippen LogP contribution in [-0.4, -0.2) is 15.3 Å². The third kappa shape index (κ3) is 3.19. The standard InChI is InChI=1S/C14H14Cl2N2OS/c1-9(2)18-13(19)11-5-4-10(16)8-12(11)17-14(18)20-7-3-6-15/h3-6,8-9H,7H2,1-2H3/b6-3+. The summed E-state index contributed by atoms with van der Waals surface area (Å²) >= 11 is 13.0. The number of hydrogen-bond acceptors (Lipinski definition) is 3. The van der Waals surface area contributed by atoms with Crippen molar-refractivity contribution < 1.29 is 0 Å². The molecule has 0 atom stereocenters. The van der Waals surface area contributed by atoms with Gasteiger partial charge < -0.3 is 0 Å². The smallest absolute Gasteiger partial charge is 0.262 e. The van der Waals surface area contributed by atoms with Gasteiger partial charge in [0.1, 0.15) is 0 Å². The minimum atomic E-state index is -0.0426. The summed E-state index contributed by atoms with van der Waals surface area (Å²) < 4.78 is 1.70. The predicted octanol–water partition coefficient (Wildman–Crippen LogP) is 4.48. The highest BCUT2D eigenvalue weighted by molar-refractivity contribution is 7.99. The molecule has 6 heteroatoms. The van der Waals surface area contributed by atoms with E-state index in [1.807, 2.05) is 19.9 Å². The first-order valence-electron chi connectivity index (χ1n) is 6.14. The maximum absolute atomic E-state index is 12.6. The molecule has 0 N–H and O–H groups in total. The SMILES string of the molecule is CC(C)n1c(SC/C=C/Cl)nc2cc(Cl)ccc2c1=O. The molecule has 0 spiro atoms. The maximum atomic E-state index is 12.6. The molecule has 0 unspecified atom stereocenters. The van der Waals surface area contributed by atoms with Gasteiger partial charge in [-0.1, -0.05) is 41.0 Å². The van der Waals surface area contributed by atoms with Crippen LogP contribution in [0.5, 0.6) is 0 Å². The van der Waals surface area contributed by atoms with Crippen LogP contribution in [0.2, 0.25) is 5.02 Å². The summed E-state index contributed by atoms with van der Waals surface area (Å²) in [5, 5.41) is 1.83. The fourth-order valence-electron chi connectivity index (χ4n) is 1.87. The minimum Gasteiger partial charge on any atom is -0.285 e. The summed E-state index contributed by atoms with van der Waals surface area (Å²) in [6, 6.07) is 5.18. The maximum Gasteiger partial charge on any atom is 0.262 e. The Balaban J connectivity index is 2.64. The summed E-state index contributed by atoms with van der Waals surface area (Å²) in [5.41, 5.74) is 2.04. The summed E-state index contributed by atoms with van der Waals surface area (Å²) in [6.07, 6.45) is 1.81. The van der Waals surface area contributed by atoms with E-state index in [-0.39, 0.29) is 11.6 Å². The average Bonchev–Trinajstić information content (AvgIpc) is 2.38. The zero-order valence-corrected chi connectivity index (χ0v) is 13.5. The fraction of sp³-hybridized carbons (Fsp3) is 0.286. The summed E-state index contributed by atoms with van der Waals surface area (Å²) in [6.45, 7) is 3.93. The number of fused-ring (bicyclic) bond motifs is 1. The Hall–Kier alpha value is -0.970. The molecule has 0 radical (unpaired) electrons. The van der Waals surface area contributed by atoms with Crippen molar-refractivity contribution in [3.8, 4) is 0 Å². The molecular weight excluding hydrogens is 315 g/mol. The molecule has 20 heavy (non-hydrogen) atoms. The molecule has 106 valence electrons. The van der Waals surface area contributed by atoms with E-state index in [0.717, 1.165) is 0 Å². The lowest BCUT2D eigenvalue weighted by molar-refractivity contribution is 0.519. The van der Waals surface area contributed by atoms with Crippen LogP contribution in [0.25, 0.3) is 10.9 Å². The second kappa shape index (κ2) is 6.66. The van der Waals surface area contributed by atoms with E-state index in [1.165, 1.54) is 17.3 Å². The van der Waals surface area contributed by atoms with Gasteiger partial charge in [-0.2, -0.15) is 0 Å². The molecule has 0 fully saturated rings. The minimum absolute atomic E-state index is 0.0394. The molecule has 0 aliphatic carbocycles. The van der Waals surface area contributed by atoms with Crippen LogP contribution in [-0.2, 0) is 0 Å². The van der Waals surface area contributed by atoms with Gasteiger partial charge in [-0.3, -0.25) is 9.36 Å². The molecule has 0 aliphatic heterocycles. The van der Waals surface area contributed by atoms with Crippen LogP contribution in [0.1, 0.15) is 19.9 Å². The topological polar surface area (TPSA) is 34.9 Å². The second-order valence-electron chi connectivity index (χ2n) is 4.50. The van der Waals surface area contributed by atoms with Gasteiger partial charge in [0.05, 0.1) is 10.9 Å². The molecule has 1 aromatic carbocycles. The lowest BCUT2D eigenvalue weighted by atomic mass is 10.2. The monoisotopic (exact) mass is 328 g/mol. The quantitative estimate of drug-likeness (QED) is 0.613. The highest BCUT2D eigenvalue weighted by Gasteiger charge is 2.13. The van der Waals surface area contributed by atoms with Crippen molar-refractivity contribution in [2.45, 2.75) is 25.0 Å². The number of rotatable bonds is 4. The Morgan fingerprint density at radius 2 is 2.20 bits per heavy atom. The van der Waals surface area contributed by atoms with E-state index in [9.17, 15) is 4.79 Å². The number of nitrogens with zero attached hydrogens (tertiary/aromatic N) is 2. The lowest BCUT2D eigenvalue weighted by Gasteiger charge is -2.15. The van der Waals surface area contributed by atoms with E-state index in [1.54, 1.807) is 22.8 Å². The first-order valence-corrected chi connectivity index (χ1v) is 7.94. The van der Waals surface area contributed by atoms with Gasteiger partial charge in [-0.05, 0) is 32.0 Å². The summed E-state index contributed by atoms with van der Waals surface area (Å²) in [7, 11) is 0. The van der Waals surface area contributed by atoms with Crippen molar-refractivity contribution in [3.63, 3.8) is 0 Å². The van der Waals surface area contributed by atoms with Crippen molar-refractivity contribution in [1.82, 2.24) is 9.55 Å². The van der Waals surface area contributed by atoms with Crippen LogP contribution in [0.3, 0.4) is 0 Å². The molecule has 0 saturated heterocycles. The Kier molecular flexibility index (Phi) is 5.13. The van der Waals surface area contributed by atoms with E-state index in [0.29, 0.717) is 26.8 Å². The van der Waals surface area contributed by atoms with Gasteiger partial charge in [-0.25, -0.2) is 4.98 Å². The molecule has 0 amide bonds. The summed E-state index contributed by atoms with van der Waals surface area (Å²) in [5.74, 6) is 0.661. The first-order chi connectivity index (χ1) is 9.54. The van der Waals surface area contributed by atoms with Crippen molar-refractivity contribution in [2.24, 2.45) is 0 Å². The molecule has 2 aromatic rings. The highest BCUT2D eigenvalue weighted by atomic mass is 35.5. The molecule has 0 aliphatic rings. The lowest BCUT2D eigenvalue weighted by Crippen LogP contribution is -2.25. The molecule has 3 nitrogen and oxygen atoms in total. The normalized spacial score (nSPS) is 11.8.